The standard InChI is InChI=1S/C13H17NO2/c1-9-3-2-4-10(14-9)12(15)11-5-6-13(16-11)7-8-13/h2-4,11-12,15H,5-8H2,1H3/t11-,12?/m0/s1. The summed E-state index contributed by atoms with van der Waals surface area (Å²) >= 11 is 0. The Kier molecular flexibility index (Phi) is 2.26. The molecule has 0 radical (unpaired) electrons. The minimum absolute atomic E-state index is 0.0585. The van der Waals surface area contributed by atoms with E-state index in [9.17, 15) is 5.11 Å². The van der Waals surface area contributed by atoms with Gasteiger partial charge in [0.1, 0.15) is 6.10 Å². The maximum absolute atomic E-state index is 10.2. The minimum atomic E-state index is -0.570. The van der Waals surface area contributed by atoms with Crippen molar-refractivity contribution in [1.82, 2.24) is 4.98 Å². The van der Waals surface area contributed by atoms with Crippen molar-refractivity contribution in [3.63, 3.8) is 0 Å². The van der Waals surface area contributed by atoms with Crippen LogP contribution in [0.1, 0.15) is 43.2 Å². The zero-order valence-corrected chi connectivity index (χ0v) is 9.52. The summed E-state index contributed by atoms with van der Waals surface area (Å²) in [5.41, 5.74) is 1.81. The van der Waals surface area contributed by atoms with Crippen molar-refractivity contribution < 1.29 is 9.84 Å². The second-order valence-corrected chi connectivity index (χ2v) is 5.03. The lowest BCUT2D eigenvalue weighted by atomic mass is 10.1. The van der Waals surface area contributed by atoms with E-state index in [-0.39, 0.29) is 11.7 Å². The molecular weight excluding hydrogens is 202 g/mol. The predicted molar refractivity (Wildman–Crippen MR) is 60.0 cm³/mol. The molecule has 86 valence electrons. The fourth-order valence-electron chi connectivity index (χ4n) is 2.49. The average Bonchev–Trinajstić information content (AvgIpc) is 2.88. The van der Waals surface area contributed by atoms with Crippen molar-refractivity contribution in [3.05, 3.63) is 29.6 Å². The van der Waals surface area contributed by atoms with Crippen LogP contribution in [0.25, 0.3) is 0 Å². The summed E-state index contributed by atoms with van der Waals surface area (Å²) in [5, 5.41) is 10.2. The molecular formula is C13H17NO2. The number of ether oxygens (including phenoxy) is 1. The van der Waals surface area contributed by atoms with E-state index in [1.807, 2.05) is 25.1 Å². The number of hydrogen-bond acceptors (Lipinski definition) is 3. The summed E-state index contributed by atoms with van der Waals surface area (Å²) in [6.45, 7) is 1.94. The molecule has 2 atom stereocenters. The van der Waals surface area contributed by atoms with Crippen molar-refractivity contribution in [2.75, 3.05) is 0 Å². The monoisotopic (exact) mass is 219 g/mol. The molecule has 2 heterocycles. The molecule has 1 unspecified atom stereocenters. The quantitative estimate of drug-likeness (QED) is 0.828. The van der Waals surface area contributed by atoms with Crippen LogP contribution in [0, 0.1) is 6.92 Å². The molecule has 1 aliphatic heterocycles. The summed E-state index contributed by atoms with van der Waals surface area (Å²) in [6, 6.07) is 5.75. The largest absolute Gasteiger partial charge is 0.384 e. The minimum Gasteiger partial charge on any atom is -0.384 e. The number of aromatic nitrogens is 1. The molecule has 1 saturated carbocycles. The number of pyridine rings is 1. The first-order valence-electron chi connectivity index (χ1n) is 5.98. The summed E-state index contributed by atoms with van der Waals surface area (Å²) in [4.78, 5) is 4.36. The second kappa shape index (κ2) is 3.54. The normalized spacial score (nSPS) is 28.2. The fraction of sp³-hybridized carbons (Fsp3) is 0.615. The number of rotatable bonds is 2. The average molecular weight is 219 g/mol. The molecule has 3 heteroatoms. The number of hydrogen-bond donors (Lipinski definition) is 1. The lowest BCUT2D eigenvalue weighted by Gasteiger charge is -2.18. The van der Waals surface area contributed by atoms with Crippen LogP contribution in [0.15, 0.2) is 18.2 Å². The lowest BCUT2D eigenvalue weighted by Crippen LogP contribution is -2.21. The van der Waals surface area contributed by atoms with Crippen LogP contribution in [-0.2, 0) is 4.74 Å². The van der Waals surface area contributed by atoms with E-state index in [0.717, 1.165) is 37.1 Å². The molecule has 1 aromatic rings. The first kappa shape index (κ1) is 10.2. The van der Waals surface area contributed by atoms with Gasteiger partial charge >= 0.3 is 0 Å². The van der Waals surface area contributed by atoms with Crippen molar-refractivity contribution in [2.45, 2.75) is 50.4 Å². The Bertz CT molecular complexity index is 401. The van der Waals surface area contributed by atoms with Gasteiger partial charge in [0.15, 0.2) is 0 Å². The Morgan fingerprint density at radius 2 is 2.25 bits per heavy atom. The topological polar surface area (TPSA) is 42.4 Å². The van der Waals surface area contributed by atoms with Crippen LogP contribution in [0.2, 0.25) is 0 Å². The van der Waals surface area contributed by atoms with Crippen LogP contribution in [0.3, 0.4) is 0 Å². The van der Waals surface area contributed by atoms with Crippen LogP contribution in [0.5, 0.6) is 0 Å². The van der Waals surface area contributed by atoms with E-state index >= 15 is 0 Å². The van der Waals surface area contributed by atoms with Gasteiger partial charge in [-0.15, -0.1) is 0 Å². The third-order valence-electron chi connectivity index (χ3n) is 3.66. The Hall–Kier alpha value is -0.930. The van der Waals surface area contributed by atoms with Crippen molar-refractivity contribution in [3.8, 4) is 0 Å². The molecule has 1 N–H and O–H groups in total. The van der Waals surface area contributed by atoms with E-state index in [1.165, 1.54) is 0 Å². The predicted octanol–water partition coefficient (Wildman–Crippen LogP) is 2.14. The smallest absolute Gasteiger partial charge is 0.122 e. The van der Waals surface area contributed by atoms with Crippen LogP contribution >= 0.6 is 0 Å². The van der Waals surface area contributed by atoms with Gasteiger partial charge < -0.3 is 9.84 Å². The molecule has 0 bridgehead atoms. The highest BCUT2D eigenvalue weighted by Gasteiger charge is 2.51. The van der Waals surface area contributed by atoms with Crippen molar-refractivity contribution in [1.29, 1.82) is 0 Å². The fourth-order valence-corrected chi connectivity index (χ4v) is 2.49. The van der Waals surface area contributed by atoms with E-state index in [0.29, 0.717) is 0 Å². The first-order valence-corrected chi connectivity index (χ1v) is 5.98. The van der Waals surface area contributed by atoms with Gasteiger partial charge in [-0.3, -0.25) is 4.98 Å². The Morgan fingerprint density at radius 1 is 1.44 bits per heavy atom. The summed E-state index contributed by atoms with van der Waals surface area (Å²) in [5.74, 6) is 0. The third-order valence-corrected chi connectivity index (χ3v) is 3.66. The lowest BCUT2D eigenvalue weighted by molar-refractivity contribution is -0.0472. The highest BCUT2D eigenvalue weighted by atomic mass is 16.5. The van der Waals surface area contributed by atoms with Gasteiger partial charge in [0.25, 0.3) is 0 Å². The van der Waals surface area contributed by atoms with Crippen LogP contribution in [-0.4, -0.2) is 21.8 Å². The number of nitrogens with zero attached hydrogens (tertiary/aromatic N) is 1. The van der Waals surface area contributed by atoms with Gasteiger partial charge in [-0.05, 0) is 44.7 Å². The maximum Gasteiger partial charge on any atom is 0.122 e. The highest BCUT2D eigenvalue weighted by molar-refractivity contribution is 5.14. The second-order valence-electron chi connectivity index (χ2n) is 5.03. The molecule has 0 aromatic carbocycles. The molecule has 3 nitrogen and oxygen atoms in total. The third kappa shape index (κ3) is 1.74. The van der Waals surface area contributed by atoms with Gasteiger partial charge in [0.2, 0.25) is 0 Å². The molecule has 1 saturated heterocycles. The SMILES string of the molecule is Cc1cccc(C(O)[C@@H]2CCC3(CC3)O2)n1. The number of aliphatic hydroxyl groups excluding tert-OH is 1. The van der Waals surface area contributed by atoms with Gasteiger partial charge in [-0.25, -0.2) is 0 Å². The summed E-state index contributed by atoms with van der Waals surface area (Å²) < 4.78 is 5.93. The van der Waals surface area contributed by atoms with Gasteiger partial charge in [0, 0.05) is 5.69 Å². The number of aryl methyl sites for hydroxylation is 1. The first-order chi connectivity index (χ1) is 7.69. The Balaban J connectivity index is 1.75. The van der Waals surface area contributed by atoms with E-state index in [4.69, 9.17) is 4.74 Å². The van der Waals surface area contributed by atoms with Crippen LogP contribution in [0.4, 0.5) is 0 Å². The van der Waals surface area contributed by atoms with Gasteiger partial charge in [-0.2, -0.15) is 0 Å². The van der Waals surface area contributed by atoms with Gasteiger partial charge in [-0.1, -0.05) is 6.07 Å². The molecule has 2 aliphatic rings. The molecule has 3 rings (SSSR count). The van der Waals surface area contributed by atoms with Gasteiger partial charge in [0.05, 0.1) is 17.4 Å². The summed E-state index contributed by atoms with van der Waals surface area (Å²) in [7, 11) is 0. The highest BCUT2D eigenvalue weighted by Crippen LogP contribution is 2.51. The Labute approximate surface area is 95.5 Å². The zero-order chi connectivity index (χ0) is 11.2. The van der Waals surface area contributed by atoms with E-state index in [1.54, 1.807) is 0 Å². The van der Waals surface area contributed by atoms with Crippen molar-refractivity contribution >= 4 is 0 Å². The molecule has 1 aromatic heterocycles. The van der Waals surface area contributed by atoms with E-state index < -0.39 is 6.10 Å². The maximum atomic E-state index is 10.2. The summed E-state index contributed by atoms with van der Waals surface area (Å²) in [6.07, 6.45) is 3.75. The Morgan fingerprint density at radius 3 is 2.88 bits per heavy atom. The zero-order valence-electron chi connectivity index (χ0n) is 9.52. The van der Waals surface area contributed by atoms with Crippen molar-refractivity contribution in [2.24, 2.45) is 0 Å². The number of aliphatic hydroxyl groups is 1. The molecule has 1 aliphatic carbocycles. The molecule has 2 fully saturated rings. The molecule has 16 heavy (non-hydrogen) atoms. The van der Waals surface area contributed by atoms with Crippen LogP contribution < -0.4 is 0 Å². The molecule has 0 amide bonds. The molecule has 1 spiro atoms. The van der Waals surface area contributed by atoms with E-state index in [2.05, 4.69) is 4.98 Å².